The number of nitrogens with one attached hydrogen (secondary N) is 1. The molecule has 3 aliphatic rings. The van der Waals surface area contributed by atoms with Crippen molar-refractivity contribution in [2.75, 3.05) is 0 Å². The van der Waals surface area contributed by atoms with Gasteiger partial charge in [0.15, 0.2) is 5.17 Å². The van der Waals surface area contributed by atoms with E-state index in [1.807, 2.05) is 6.92 Å². The summed E-state index contributed by atoms with van der Waals surface area (Å²) in [4.78, 5) is 16.4. The fourth-order valence-corrected chi connectivity index (χ4v) is 5.36. The van der Waals surface area contributed by atoms with Gasteiger partial charge in [-0.3, -0.25) is 4.79 Å². The molecule has 1 heterocycles. The van der Waals surface area contributed by atoms with Crippen LogP contribution >= 0.6 is 11.8 Å². The van der Waals surface area contributed by atoms with Gasteiger partial charge in [-0.1, -0.05) is 39.5 Å². The largest absolute Gasteiger partial charge is 0.361 e. The molecule has 3 nitrogen and oxygen atoms in total. The molecule has 0 aromatic rings. The Morgan fingerprint density at radius 1 is 1.30 bits per heavy atom. The standard InChI is InChI=1S/C16H26N2OS/c1-9(2)16(5)13(19)18-14(20-16)17-12-8-10-6-7-11(12)15(10,3)4/h9-12H,6-8H2,1-5H3,(H,17,18,19)/t10-,11+,12-,16?/m1/s1. The second-order valence-electron chi connectivity index (χ2n) is 7.77. The van der Waals surface area contributed by atoms with Crippen LogP contribution in [0.3, 0.4) is 0 Å². The Bertz CT molecular complexity index is 471. The van der Waals surface area contributed by atoms with E-state index in [2.05, 4.69) is 38.0 Å². The number of rotatable bonds is 2. The van der Waals surface area contributed by atoms with Crippen LogP contribution in [-0.4, -0.2) is 21.9 Å². The van der Waals surface area contributed by atoms with Gasteiger partial charge in [0.25, 0.3) is 5.91 Å². The molecule has 3 rings (SSSR count). The SMILES string of the molecule is CC(C)C1(C)SC(N[C@@H]2C[C@H]3CC[C@@H]2C3(C)C)=NC1=O. The second kappa shape index (κ2) is 4.49. The number of hydrogen-bond donors (Lipinski definition) is 1. The van der Waals surface area contributed by atoms with Crippen molar-refractivity contribution in [2.45, 2.75) is 64.7 Å². The van der Waals surface area contributed by atoms with E-state index in [1.165, 1.54) is 19.3 Å². The maximum absolute atomic E-state index is 12.2. The maximum Gasteiger partial charge on any atom is 0.264 e. The van der Waals surface area contributed by atoms with Gasteiger partial charge < -0.3 is 5.32 Å². The summed E-state index contributed by atoms with van der Waals surface area (Å²) in [6, 6.07) is 0.511. The van der Waals surface area contributed by atoms with E-state index >= 15 is 0 Å². The minimum absolute atomic E-state index is 0.0300. The fraction of sp³-hybridized carbons (Fsp3) is 0.875. The molecule has 0 aromatic heterocycles. The van der Waals surface area contributed by atoms with E-state index in [0.717, 1.165) is 17.0 Å². The van der Waals surface area contributed by atoms with Crippen molar-refractivity contribution in [3.8, 4) is 0 Å². The Morgan fingerprint density at radius 3 is 2.45 bits per heavy atom. The van der Waals surface area contributed by atoms with Gasteiger partial charge in [0.05, 0.1) is 0 Å². The molecule has 2 bridgehead atoms. The number of amides is 1. The first-order chi connectivity index (χ1) is 9.25. The molecule has 4 atom stereocenters. The number of hydrogen-bond acceptors (Lipinski definition) is 3. The lowest BCUT2D eigenvalue weighted by molar-refractivity contribution is -0.120. The average Bonchev–Trinajstić information content (AvgIpc) is 2.88. The summed E-state index contributed by atoms with van der Waals surface area (Å²) in [7, 11) is 0. The minimum Gasteiger partial charge on any atom is -0.361 e. The van der Waals surface area contributed by atoms with Crippen molar-refractivity contribution in [1.29, 1.82) is 0 Å². The minimum atomic E-state index is -0.379. The number of aliphatic imine (C=N–C) groups is 1. The summed E-state index contributed by atoms with van der Waals surface area (Å²) in [5.74, 6) is 1.91. The molecule has 2 fully saturated rings. The van der Waals surface area contributed by atoms with E-state index in [4.69, 9.17) is 0 Å². The monoisotopic (exact) mass is 294 g/mol. The Hall–Kier alpha value is -0.510. The molecule has 1 amide bonds. The first-order valence-corrected chi connectivity index (χ1v) is 8.65. The van der Waals surface area contributed by atoms with Crippen molar-refractivity contribution in [2.24, 2.45) is 28.2 Å². The molecule has 0 radical (unpaired) electrons. The molecule has 20 heavy (non-hydrogen) atoms. The van der Waals surface area contributed by atoms with E-state index < -0.39 is 0 Å². The van der Waals surface area contributed by atoms with Crippen molar-refractivity contribution in [1.82, 2.24) is 5.32 Å². The molecule has 1 unspecified atom stereocenters. The normalized spacial score (nSPS) is 42.4. The molecular formula is C16H26N2OS. The third kappa shape index (κ3) is 1.94. The van der Waals surface area contributed by atoms with Gasteiger partial charge in [0, 0.05) is 6.04 Å². The number of fused-ring (bicyclic) bond motifs is 2. The molecule has 0 saturated heterocycles. The smallest absolute Gasteiger partial charge is 0.264 e. The summed E-state index contributed by atoms with van der Waals surface area (Å²) in [6.07, 6.45) is 3.94. The zero-order valence-electron chi connectivity index (χ0n) is 13.2. The first-order valence-electron chi connectivity index (χ1n) is 7.84. The van der Waals surface area contributed by atoms with Crippen LogP contribution in [0.2, 0.25) is 0 Å². The number of nitrogens with zero attached hydrogens (tertiary/aromatic N) is 1. The third-order valence-corrected chi connectivity index (χ3v) is 7.68. The molecule has 2 saturated carbocycles. The molecule has 0 spiro atoms. The summed E-state index contributed by atoms with van der Waals surface area (Å²) < 4.78 is -0.379. The van der Waals surface area contributed by atoms with E-state index in [0.29, 0.717) is 17.4 Å². The zero-order chi connectivity index (χ0) is 14.7. The molecule has 4 heteroatoms. The first kappa shape index (κ1) is 14.4. The van der Waals surface area contributed by atoms with Crippen LogP contribution < -0.4 is 5.32 Å². The van der Waals surface area contributed by atoms with Crippen LogP contribution in [-0.2, 0) is 4.79 Å². The Morgan fingerprint density at radius 2 is 2.00 bits per heavy atom. The van der Waals surface area contributed by atoms with Gasteiger partial charge in [0.1, 0.15) is 4.75 Å². The zero-order valence-corrected chi connectivity index (χ0v) is 14.0. The van der Waals surface area contributed by atoms with Crippen LogP contribution in [0, 0.1) is 23.2 Å². The Labute approximate surface area is 126 Å². The van der Waals surface area contributed by atoms with E-state index in [1.54, 1.807) is 11.8 Å². The average molecular weight is 294 g/mol. The predicted molar refractivity (Wildman–Crippen MR) is 84.8 cm³/mol. The van der Waals surface area contributed by atoms with Gasteiger partial charge in [-0.25, -0.2) is 0 Å². The molecule has 1 N–H and O–H groups in total. The molecular weight excluding hydrogens is 268 g/mol. The predicted octanol–water partition coefficient (Wildman–Crippen LogP) is 3.44. The number of carbonyl (C=O) groups is 1. The number of thioether (sulfide) groups is 1. The number of carbonyl (C=O) groups excluding carboxylic acids is 1. The van der Waals surface area contributed by atoms with Gasteiger partial charge in [0.2, 0.25) is 0 Å². The van der Waals surface area contributed by atoms with Crippen LogP contribution in [0.15, 0.2) is 4.99 Å². The van der Waals surface area contributed by atoms with Crippen LogP contribution in [0.4, 0.5) is 0 Å². The van der Waals surface area contributed by atoms with Crippen LogP contribution in [0.1, 0.15) is 53.9 Å². The summed E-state index contributed by atoms with van der Waals surface area (Å²) in [6.45, 7) is 11.0. The fourth-order valence-electron chi connectivity index (χ4n) is 4.25. The van der Waals surface area contributed by atoms with Gasteiger partial charge in [-0.2, -0.15) is 4.99 Å². The van der Waals surface area contributed by atoms with Crippen LogP contribution in [0.25, 0.3) is 0 Å². The molecule has 1 aliphatic heterocycles. The lowest BCUT2D eigenvalue weighted by atomic mass is 9.81. The van der Waals surface area contributed by atoms with Crippen molar-refractivity contribution in [3.05, 3.63) is 0 Å². The quantitative estimate of drug-likeness (QED) is 0.848. The van der Waals surface area contributed by atoms with Gasteiger partial charge >= 0.3 is 0 Å². The van der Waals surface area contributed by atoms with Gasteiger partial charge in [-0.15, -0.1) is 0 Å². The van der Waals surface area contributed by atoms with Crippen molar-refractivity contribution >= 4 is 22.8 Å². The van der Waals surface area contributed by atoms with Crippen molar-refractivity contribution in [3.63, 3.8) is 0 Å². The molecule has 0 aromatic carbocycles. The van der Waals surface area contributed by atoms with Crippen molar-refractivity contribution < 1.29 is 4.79 Å². The van der Waals surface area contributed by atoms with Gasteiger partial charge in [-0.05, 0) is 49.4 Å². The highest BCUT2D eigenvalue weighted by Gasteiger charge is 2.54. The highest BCUT2D eigenvalue weighted by molar-refractivity contribution is 8.16. The van der Waals surface area contributed by atoms with Crippen LogP contribution in [0.5, 0.6) is 0 Å². The summed E-state index contributed by atoms with van der Waals surface area (Å²) in [5.41, 5.74) is 0.451. The lowest BCUT2D eigenvalue weighted by Gasteiger charge is -2.28. The second-order valence-corrected chi connectivity index (χ2v) is 9.21. The highest BCUT2D eigenvalue weighted by Crippen LogP contribution is 2.57. The van der Waals surface area contributed by atoms with E-state index in [9.17, 15) is 4.79 Å². The Kier molecular flexibility index (Phi) is 3.24. The van der Waals surface area contributed by atoms with E-state index in [-0.39, 0.29) is 10.7 Å². The number of amidine groups is 1. The summed E-state index contributed by atoms with van der Waals surface area (Å²) >= 11 is 1.63. The molecule has 2 aliphatic carbocycles. The third-order valence-electron chi connectivity index (χ3n) is 6.21. The lowest BCUT2D eigenvalue weighted by Crippen LogP contribution is -2.39. The highest BCUT2D eigenvalue weighted by atomic mass is 32.2. The molecule has 112 valence electrons. The summed E-state index contributed by atoms with van der Waals surface area (Å²) in [5, 5.41) is 4.46. The topological polar surface area (TPSA) is 41.5 Å². The Balaban J connectivity index is 1.70. The maximum atomic E-state index is 12.2.